The quantitative estimate of drug-likeness (QED) is 0.501. The third-order valence-corrected chi connectivity index (χ3v) is 4.59. The fraction of sp³-hybridized carbons (Fsp3) is 0.105. The van der Waals surface area contributed by atoms with Crippen LogP contribution in [-0.4, -0.2) is 37.7 Å². The first-order valence-electron chi connectivity index (χ1n) is 8.54. The van der Waals surface area contributed by atoms with E-state index in [2.05, 4.69) is 25.4 Å². The molecule has 0 spiro atoms. The summed E-state index contributed by atoms with van der Waals surface area (Å²) in [6, 6.07) is 8.45. The van der Waals surface area contributed by atoms with Crippen LogP contribution in [0.1, 0.15) is 16.1 Å². The highest BCUT2D eigenvalue weighted by atomic mass is 32.1. The third-order valence-electron chi connectivity index (χ3n) is 3.96. The molecule has 146 valence electrons. The molecule has 0 saturated carbocycles. The van der Waals surface area contributed by atoms with Crippen molar-refractivity contribution in [2.24, 2.45) is 0 Å². The summed E-state index contributed by atoms with van der Waals surface area (Å²) in [5.74, 6) is 1.13. The SMILES string of the molecule is COc1cc(C(=O)Nc2cccnc2-n2cncn2)ccc1OCc1cscn1. The van der Waals surface area contributed by atoms with Gasteiger partial charge in [0.15, 0.2) is 17.3 Å². The predicted molar refractivity (Wildman–Crippen MR) is 107 cm³/mol. The van der Waals surface area contributed by atoms with Crippen LogP contribution in [0.4, 0.5) is 5.69 Å². The van der Waals surface area contributed by atoms with Crippen molar-refractivity contribution in [3.8, 4) is 17.3 Å². The highest BCUT2D eigenvalue weighted by Gasteiger charge is 2.15. The zero-order valence-corrected chi connectivity index (χ0v) is 16.2. The number of aromatic nitrogens is 5. The van der Waals surface area contributed by atoms with Crippen molar-refractivity contribution in [1.29, 1.82) is 0 Å². The van der Waals surface area contributed by atoms with Gasteiger partial charge in [-0.15, -0.1) is 11.3 Å². The molecule has 29 heavy (non-hydrogen) atoms. The van der Waals surface area contributed by atoms with Gasteiger partial charge in [-0.2, -0.15) is 5.10 Å². The smallest absolute Gasteiger partial charge is 0.255 e. The summed E-state index contributed by atoms with van der Waals surface area (Å²) in [4.78, 5) is 25.1. The summed E-state index contributed by atoms with van der Waals surface area (Å²) in [5, 5.41) is 8.82. The molecule has 3 aromatic heterocycles. The molecule has 0 saturated heterocycles. The summed E-state index contributed by atoms with van der Waals surface area (Å²) in [6.07, 6.45) is 4.52. The summed E-state index contributed by atoms with van der Waals surface area (Å²) < 4.78 is 12.6. The topological polar surface area (TPSA) is 104 Å². The Morgan fingerprint density at radius 2 is 2.17 bits per heavy atom. The van der Waals surface area contributed by atoms with Gasteiger partial charge in [0.05, 0.1) is 24.0 Å². The van der Waals surface area contributed by atoms with E-state index < -0.39 is 0 Å². The Balaban J connectivity index is 1.52. The van der Waals surface area contributed by atoms with E-state index in [0.29, 0.717) is 35.2 Å². The Hall–Kier alpha value is -3.79. The summed E-state index contributed by atoms with van der Waals surface area (Å²) in [5.41, 5.74) is 3.49. The normalized spacial score (nSPS) is 10.5. The standard InChI is InChI=1S/C19H16N6O3S/c1-27-17-7-13(4-5-16(17)28-8-14-9-29-12-22-14)19(26)24-15-3-2-6-21-18(15)25-11-20-10-23-25/h2-7,9-12H,8H2,1H3,(H,24,26). The van der Waals surface area contributed by atoms with Crippen molar-refractivity contribution in [2.45, 2.75) is 6.61 Å². The van der Waals surface area contributed by atoms with Gasteiger partial charge in [0.2, 0.25) is 0 Å². The average molecular weight is 408 g/mol. The Morgan fingerprint density at radius 1 is 1.24 bits per heavy atom. The highest BCUT2D eigenvalue weighted by Crippen LogP contribution is 2.29. The number of hydrogen-bond donors (Lipinski definition) is 1. The van der Waals surface area contributed by atoms with Crippen LogP contribution < -0.4 is 14.8 Å². The largest absolute Gasteiger partial charge is 0.493 e. The van der Waals surface area contributed by atoms with Crippen LogP contribution in [0.5, 0.6) is 11.5 Å². The Bertz CT molecular complexity index is 1100. The van der Waals surface area contributed by atoms with E-state index in [1.807, 2.05) is 5.38 Å². The Morgan fingerprint density at radius 3 is 2.93 bits per heavy atom. The lowest BCUT2D eigenvalue weighted by atomic mass is 10.2. The van der Waals surface area contributed by atoms with Crippen LogP contribution >= 0.6 is 11.3 Å². The minimum atomic E-state index is -0.316. The maximum atomic E-state index is 12.8. The molecule has 0 fully saturated rings. The second-order valence-electron chi connectivity index (χ2n) is 5.80. The van der Waals surface area contributed by atoms with E-state index >= 15 is 0 Å². The molecule has 4 rings (SSSR count). The number of pyridine rings is 1. The zero-order valence-electron chi connectivity index (χ0n) is 15.3. The number of benzene rings is 1. The zero-order chi connectivity index (χ0) is 20.1. The van der Waals surface area contributed by atoms with Gasteiger partial charge in [0, 0.05) is 17.1 Å². The molecule has 9 nitrogen and oxygen atoms in total. The van der Waals surface area contributed by atoms with E-state index in [4.69, 9.17) is 9.47 Å². The monoisotopic (exact) mass is 408 g/mol. The predicted octanol–water partition coefficient (Wildman–Crippen LogP) is 2.96. The van der Waals surface area contributed by atoms with Crippen molar-refractivity contribution in [3.63, 3.8) is 0 Å². The molecule has 0 aliphatic rings. The molecule has 4 aromatic rings. The van der Waals surface area contributed by atoms with Gasteiger partial charge in [-0.3, -0.25) is 4.79 Å². The molecule has 0 atom stereocenters. The number of carbonyl (C=O) groups excluding carboxylic acids is 1. The van der Waals surface area contributed by atoms with E-state index in [1.54, 1.807) is 42.0 Å². The van der Waals surface area contributed by atoms with Crippen molar-refractivity contribution < 1.29 is 14.3 Å². The van der Waals surface area contributed by atoms with Crippen LogP contribution in [0.15, 0.2) is 60.1 Å². The lowest BCUT2D eigenvalue weighted by Gasteiger charge is -2.13. The molecule has 0 bridgehead atoms. The first-order valence-corrected chi connectivity index (χ1v) is 9.48. The Kier molecular flexibility index (Phi) is 5.43. The van der Waals surface area contributed by atoms with E-state index in [9.17, 15) is 4.79 Å². The van der Waals surface area contributed by atoms with Crippen LogP contribution in [0.3, 0.4) is 0 Å². The van der Waals surface area contributed by atoms with Gasteiger partial charge in [-0.25, -0.2) is 19.6 Å². The second-order valence-corrected chi connectivity index (χ2v) is 6.52. The second kappa shape index (κ2) is 8.48. The van der Waals surface area contributed by atoms with Gasteiger partial charge in [0.1, 0.15) is 19.3 Å². The van der Waals surface area contributed by atoms with Crippen molar-refractivity contribution in [3.05, 3.63) is 71.3 Å². The van der Waals surface area contributed by atoms with Crippen molar-refractivity contribution >= 4 is 22.9 Å². The number of carbonyl (C=O) groups is 1. The van der Waals surface area contributed by atoms with Crippen LogP contribution in [-0.2, 0) is 6.61 Å². The number of nitrogens with zero attached hydrogens (tertiary/aromatic N) is 5. The first kappa shape index (κ1) is 18.6. The minimum absolute atomic E-state index is 0.316. The van der Waals surface area contributed by atoms with E-state index in [1.165, 1.54) is 35.8 Å². The van der Waals surface area contributed by atoms with E-state index in [0.717, 1.165) is 5.69 Å². The van der Waals surface area contributed by atoms with Gasteiger partial charge in [-0.1, -0.05) is 0 Å². The maximum absolute atomic E-state index is 12.8. The lowest BCUT2D eigenvalue weighted by Crippen LogP contribution is -2.15. The molecule has 0 aliphatic heterocycles. The summed E-state index contributed by atoms with van der Waals surface area (Å²) >= 11 is 1.50. The summed E-state index contributed by atoms with van der Waals surface area (Å²) in [6.45, 7) is 0.322. The molecular formula is C19H16N6O3S. The fourth-order valence-corrected chi connectivity index (χ4v) is 3.12. The third kappa shape index (κ3) is 4.22. The van der Waals surface area contributed by atoms with Crippen LogP contribution in [0.25, 0.3) is 5.82 Å². The number of amides is 1. The molecule has 1 aromatic carbocycles. The number of nitrogens with one attached hydrogen (secondary N) is 1. The maximum Gasteiger partial charge on any atom is 0.255 e. The van der Waals surface area contributed by atoms with Crippen molar-refractivity contribution in [2.75, 3.05) is 12.4 Å². The number of hydrogen-bond acceptors (Lipinski definition) is 8. The minimum Gasteiger partial charge on any atom is -0.493 e. The van der Waals surface area contributed by atoms with Gasteiger partial charge in [-0.05, 0) is 30.3 Å². The molecule has 1 amide bonds. The van der Waals surface area contributed by atoms with Crippen LogP contribution in [0, 0.1) is 0 Å². The number of methoxy groups -OCH3 is 1. The molecular weight excluding hydrogens is 392 g/mol. The van der Waals surface area contributed by atoms with Gasteiger partial charge >= 0.3 is 0 Å². The number of anilines is 1. The fourth-order valence-electron chi connectivity index (χ4n) is 2.58. The molecule has 1 N–H and O–H groups in total. The number of ether oxygens (including phenoxy) is 2. The van der Waals surface area contributed by atoms with Crippen LogP contribution in [0.2, 0.25) is 0 Å². The lowest BCUT2D eigenvalue weighted by molar-refractivity contribution is 0.102. The van der Waals surface area contributed by atoms with Gasteiger partial charge in [0.25, 0.3) is 5.91 Å². The molecule has 10 heteroatoms. The van der Waals surface area contributed by atoms with E-state index in [-0.39, 0.29) is 5.91 Å². The van der Waals surface area contributed by atoms with Crippen molar-refractivity contribution in [1.82, 2.24) is 24.7 Å². The average Bonchev–Trinajstić information content (AvgIpc) is 3.46. The first-order chi connectivity index (χ1) is 14.2. The molecule has 0 aliphatic carbocycles. The molecule has 3 heterocycles. The number of thiazole rings is 1. The van der Waals surface area contributed by atoms with Gasteiger partial charge < -0.3 is 14.8 Å². The summed E-state index contributed by atoms with van der Waals surface area (Å²) in [7, 11) is 1.52. The highest BCUT2D eigenvalue weighted by molar-refractivity contribution is 7.07. The Labute approximate surface area is 170 Å². The molecule has 0 unspecified atom stereocenters. The molecule has 0 radical (unpaired) electrons. The number of rotatable bonds is 7.